The molecule has 0 aliphatic heterocycles. The predicted molar refractivity (Wildman–Crippen MR) is 123 cm³/mol. The number of fused-ring (bicyclic) bond motifs is 2. The van der Waals surface area contributed by atoms with Crippen LogP contribution in [-0.4, -0.2) is 15.5 Å². The Labute approximate surface area is 184 Å². The predicted octanol–water partition coefficient (Wildman–Crippen LogP) is 5.55. The maximum atomic E-state index is 13.4. The van der Waals surface area contributed by atoms with Crippen LogP contribution in [0, 0.1) is 5.82 Å². The molecule has 158 valence electrons. The summed E-state index contributed by atoms with van der Waals surface area (Å²) >= 11 is 0. The van der Waals surface area contributed by atoms with Crippen molar-refractivity contribution in [2.24, 2.45) is 0 Å². The number of hydrogen-bond donors (Lipinski definition) is 1. The standard InChI is InChI=1S/C26H20FN3O2/c27-20-8-5-9-21(15-20)28-26(31)16-30-24-11-4-3-10-23(24)29-25(30)17-32-22-13-12-18-6-1-2-7-19(18)14-22/h1-15H,16-17H2,(H,28,31). The third-order valence-corrected chi connectivity index (χ3v) is 5.23. The minimum Gasteiger partial charge on any atom is -0.486 e. The number of aromatic nitrogens is 2. The molecular weight excluding hydrogens is 405 g/mol. The van der Waals surface area contributed by atoms with Gasteiger partial charge in [0.05, 0.1) is 11.0 Å². The maximum Gasteiger partial charge on any atom is 0.244 e. The highest BCUT2D eigenvalue weighted by molar-refractivity contribution is 5.91. The molecule has 0 radical (unpaired) electrons. The smallest absolute Gasteiger partial charge is 0.244 e. The van der Waals surface area contributed by atoms with Gasteiger partial charge in [-0.1, -0.05) is 48.5 Å². The number of amides is 1. The molecule has 5 nitrogen and oxygen atoms in total. The Morgan fingerprint density at radius 1 is 0.906 bits per heavy atom. The number of carbonyl (C=O) groups is 1. The van der Waals surface area contributed by atoms with E-state index < -0.39 is 5.82 Å². The Morgan fingerprint density at radius 2 is 1.72 bits per heavy atom. The SMILES string of the molecule is O=C(Cn1c(COc2ccc3ccccc3c2)nc2ccccc21)Nc1cccc(F)c1. The molecule has 0 unspecified atom stereocenters. The van der Waals surface area contributed by atoms with Crippen LogP contribution in [0.5, 0.6) is 5.75 Å². The van der Waals surface area contributed by atoms with E-state index in [0.717, 1.165) is 27.6 Å². The largest absolute Gasteiger partial charge is 0.486 e. The number of halogens is 1. The lowest BCUT2D eigenvalue weighted by atomic mass is 10.1. The van der Waals surface area contributed by atoms with Crippen LogP contribution >= 0.6 is 0 Å². The van der Waals surface area contributed by atoms with E-state index in [0.29, 0.717) is 11.5 Å². The van der Waals surface area contributed by atoms with Gasteiger partial charge in [-0.05, 0) is 53.2 Å². The summed E-state index contributed by atoms with van der Waals surface area (Å²) in [5, 5.41) is 4.97. The van der Waals surface area contributed by atoms with Gasteiger partial charge < -0.3 is 14.6 Å². The Hall–Kier alpha value is -4.19. The van der Waals surface area contributed by atoms with E-state index in [4.69, 9.17) is 4.74 Å². The molecule has 1 N–H and O–H groups in total. The van der Waals surface area contributed by atoms with Gasteiger partial charge >= 0.3 is 0 Å². The maximum absolute atomic E-state index is 13.4. The number of imidazole rings is 1. The summed E-state index contributed by atoms with van der Waals surface area (Å²) in [6.45, 7) is 0.244. The zero-order valence-corrected chi connectivity index (χ0v) is 17.2. The highest BCUT2D eigenvalue weighted by Gasteiger charge is 2.15. The Morgan fingerprint density at radius 3 is 2.59 bits per heavy atom. The molecule has 1 amide bonds. The molecule has 1 heterocycles. The van der Waals surface area contributed by atoms with Crippen LogP contribution in [0.3, 0.4) is 0 Å². The van der Waals surface area contributed by atoms with Gasteiger partial charge in [-0.2, -0.15) is 0 Å². The van der Waals surface area contributed by atoms with Gasteiger partial charge in [0.1, 0.15) is 30.5 Å². The number of hydrogen-bond acceptors (Lipinski definition) is 3. The number of nitrogens with zero attached hydrogens (tertiary/aromatic N) is 2. The van der Waals surface area contributed by atoms with Crippen LogP contribution in [0.2, 0.25) is 0 Å². The molecule has 1 aromatic heterocycles. The lowest BCUT2D eigenvalue weighted by Gasteiger charge is -2.11. The van der Waals surface area contributed by atoms with Crippen LogP contribution < -0.4 is 10.1 Å². The molecule has 4 aromatic carbocycles. The molecule has 6 heteroatoms. The van der Waals surface area contributed by atoms with E-state index >= 15 is 0 Å². The fourth-order valence-corrected chi connectivity index (χ4v) is 3.73. The molecule has 0 aliphatic carbocycles. The van der Waals surface area contributed by atoms with Crippen LogP contribution in [0.15, 0.2) is 91.0 Å². The van der Waals surface area contributed by atoms with E-state index in [1.54, 1.807) is 12.1 Å². The van der Waals surface area contributed by atoms with Crippen LogP contribution in [0.4, 0.5) is 10.1 Å². The average Bonchev–Trinajstić information content (AvgIpc) is 3.15. The molecule has 5 aromatic rings. The first-order chi connectivity index (χ1) is 15.7. The number of para-hydroxylation sites is 2. The van der Waals surface area contributed by atoms with Crippen LogP contribution in [0.25, 0.3) is 21.8 Å². The van der Waals surface area contributed by atoms with Crippen molar-refractivity contribution in [1.29, 1.82) is 0 Å². The van der Waals surface area contributed by atoms with Gasteiger partial charge in [0.15, 0.2) is 0 Å². The van der Waals surface area contributed by atoms with Gasteiger partial charge in [0.25, 0.3) is 0 Å². The molecule has 32 heavy (non-hydrogen) atoms. The lowest BCUT2D eigenvalue weighted by molar-refractivity contribution is -0.116. The second-order valence-electron chi connectivity index (χ2n) is 7.46. The summed E-state index contributed by atoms with van der Waals surface area (Å²) in [7, 11) is 0. The average molecular weight is 425 g/mol. The van der Waals surface area contributed by atoms with Gasteiger partial charge in [-0.15, -0.1) is 0 Å². The van der Waals surface area contributed by atoms with Crippen molar-refractivity contribution in [3.8, 4) is 5.75 Å². The van der Waals surface area contributed by atoms with Gasteiger partial charge in [0, 0.05) is 5.69 Å². The van der Waals surface area contributed by atoms with Crippen molar-refractivity contribution in [1.82, 2.24) is 9.55 Å². The highest BCUT2D eigenvalue weighted by Crippen LogP contribution is 2.23. The summed E-state index contributed by atoms with van der Waals surface area (Å²) in [5.74, 6) is 0.686. The van der Waals surface area contributed by atoms with Crippen molar-refractivity contribution < 1.29 is 13.9 Å². The lowest BCUT2D eigenvalue weighted by Crippen LogP contribution is -2.20. The molecule has 0 atom stereocenters. The number of rotatable bonds is 6. The van der Waals surface area contributed by atoms with Crippen molar-refractivity contribution in [3.05, 3.63) is 103 Å². The van der Waals surface area contributed by atoms with Crippen LogP contribution in [-0.2, 0) is 17.9 Å². The van der Waals surface area contributed by atoms with E-state index in [1.165, 1.54) is 12.1 Å². The highest BCUT2D eigenvalue weighted by atomic mass is 19.1. The molecular formula is C26H20FN3O2. The second kappa shape index (κ2) is 8.51. The Bertz CT molecular complexity index is 1430. The first-order valence-corrected chi connectivity index (χ1v) is 10.3. The minimum absolute atomic E-state index is 0.0352. The number of nitrogens with one attached hydrogen (secondary N) is 1. The van der Waals surface area contributed by atoms with Gasteiger partial charge in [0.2, 0.25) is 5.91 Å². The van der Waals surface area contributed by atoms with Crippen molar-refractivity contribution in [2.75, 3.05) is 5.32 Å². The number of ether oxygens (including phenoxy) is 1. The monoisotopic (exact) mass is 425 g/mol. The molecule has 0 fully saturated rings. The third-order valence-electron chi connectivity index (χ3n) is 5.23. The fourth-order valence-electron chi connectivity index (χ4n) is 3.73. The zero-order chi connectivity index (χ0) is 21.9. The van der Waals surface area contributed by atoms with Crippen LogP contribution in [0.1, 0.15) is 5.82 Å². The Kier molecular flexibility index (Phi) is 5.25. The first kappa shape index (κ1) is 19.8. The normalized spacial score (nSPS) is 11.0. The molecule has 0 saturated carbocycles. The van der Waals surface area contributed by atoms with Crippen molar-refractivity contribution in [3.63, 3.8) is 0 Å². The minimum atomic E-state index is -0.402. The van der Waals surface area contributed by atoms with E-state index in [-0.39, 0.29) is 19.1 Å². The summed E-state index contributed by atoms with van der Waals surface area (Å²) in [6, 6.07) is 27.4. The number of carbonyl (C=O) groups excluding carboxylic acids is 1. The van der Waals surface area contributed by atoms with Gasteiger partial charge in [-0.25, -0.2) is 9.37 Å². The first-order valence-electron chi connectivity index (χ1n) is 10.3. The number of anilines is 1. The van der Waals surface area contributed by atoms with E-state index in [2.05, 4.69) is 16.4 Å². The second-order valence-corrected chi connectivity index (χ2v) is 7.46. The summed E-state index contributed by atoms with van der Waals surface area (Å²) in [6.07, 6.45) is 0. The molecule has 0 aliphatic rings. The topological polar surface area (TPSA) is 56.2 Å². The number of benzene rings is 4. The quantitative estimate of drug-likeness (QED) is 0.388. The summed E-state index contributed by atoms with van der Waals surface area (Å²) in [4.78, 5) is 17.3. The molecule has 0 bridgehead atoms. The summed E-state index contributed by atoms with van der Waals surface area (Å²) in [5.41, 5.74) is 2.02. The van der Waals surface area contributed by atoms with Gasteiger partial charge in [-0.3, -0.25) is 4.79 Å². The Balaban J connectivity index is 1.38. The van der Waals surface area contributed by atoms with Crippen molar-refractivity contribution >= 4 is 33.4 Å². The third kappa shape index (κ3) is 4.16. The van der Waals surface area contributed by atoms with E-state index in [1.807, 2.05) is 65.2 Å². The zero-order valence-electron chi connectivity index (χ0n) is 17.2. The summed E-state index contributed by atoms with van der Waals surface area (Å²) < 4.78 is 21.3. The molecule has 0 saturated heterocycles. The molecule has 0 spiro atoms. The van der Waals surface area contributed by atoms with E-state index in [9.17, 15) is 9.18 Å². The molecule has 5 rings (SSSR count). The fraction of sp³-hybridized carbons (Fsp3) is 0.0769. The van der Waals surface area contributed by atoms with Crippen molar-refractivity contribution in [2.45, 2.75) is 13.2 Å².